The first-order chi connectivity index (χ1) is 9.69. The third-order valence-electron chi connectivity index (χ3n) is 3.49. The molecule has 6 nitrogen and oxygen atoms in total. The van der Waals surface area contributed by atoms with Crippen LogP contribution in [0.4, 0.5) is 5.82 Å². The molecule has 1 aliphatic rings. The molecule has 0 spiro atoms. The summed E-state index contributed by atoms with van der Waals surface area (Å²) in [4.78, 5) is 0. The fourth-order valence-corrected chi connectivity index (χ4v) is 2.50. The predicted octanol–water partition coefficient (Wildman–Crippen LogP) is 1.19. The molecule has 6 heteroatoms. The Morgan fingerprint density at radius 2 is 2.20 bits per heavy atom. The second-order valence-corrected chi connectivity index (χ2v) is 4.77. The lowest BCUT2D eigenvalue weighted by Gasteiger charge is -2.03. The summed E-state index contributed by atoms with van der Waals surface area (Å²) in [6.07, 6.45) is 1.66. The standard InChI is InChI=1S/C14H17N5O/c1-20-10-4-2-9(3-5-10)8-12-11-6-7-17-13(11)19(18-12)14(15)16/h2-5,17H,6-8H2,1H3,(H3,15,16). The van der Waals surface area contributed by atoms with Crippen LogP contribution in [0.1, 0.15) is 16.8 Å². The van der Waals surface area contributed by atoms with Gasteiger partial charge in [0.15, 0.2) is 0 Å². The number of rotatable bonds is 3. The van der Waals surface area contributed by atoms with Gasteiger partial charge in [-0.15, -0.1) is 0 Å². The normalized spacial score (nSPS) is 12.8. The van der Waals surface area contributed by atoms with Crippen molar-refractivity contribution in [2.45, 2.75) is 12.8 Å². The summed E-state index contributed by atoms with van der Waals surface area (Å²) in [6, 6.07) is 7.94. The number of anilines is 1. The molecule has 0 unspecified atom stereocenters. The number of methoxy groups -OCH3 is 1. The summed E-state index contributed by atoms with van der Waals surface area (Å²) < 4.78 is 6.63. The van der Waals surface area contributed by atoms with Crippen LogP contribution in [-0.4, -0.2) is 29.4 Å². The largest absolute Gasteiger partial charge is 0.497 e. The van der Waals surface area contributed by atoms with Crippen molar-refractivity contribution in [3.8, 4) is 5.75 Å². The summed E-state index contributed by atoms with van der Waals surface area (Å²) in [5.41, 5.74) is 8.86. The first-order valence-electron chi connectivity index (χ1n) is 6.51. The van der Waals surface area contributed by atoms with E-state index in [1.54, 1.807) is 7.11 Å². The van der Waals surface area contributed by atoms with Crippen LogP contribution in [-0.2, 0) is 12.8 Å². The van der Waals surface area contributed by atoms with Crippen molar-refractivity contribution in [2.24, 2.45) is 5.73 Å². The molecule has 3 rings (SSSR count). The molecule has 104 valence electrons. The van der Waals surface area contributed by atoms with Gasteiger partial charge < -0.3 is 15.8 Å². The molecule has 20 heavy (non-hydrogen) atoms. The van der Waals surface area contributed by atoms with E-state index in [9.17, 15) is 0 Å². The zero-order valence-corrected chi connectivity index (χ0v) is 11.3. The number of hydrogen-bond donors (Lipinski definition) is 3. The maximum absolute atomic E-state index is 7.57. The zero-order valence-electron chi connectivity index (χ0n) is 11.3. The number of aromatic nitrogens is 2. The second kappa shape index (κ2) is 4.88. The topological polar surface area (TPSA) is 89.0 Å². The predicted molar refractivity (Wildman–Crippen MR) is 77.5 cm³/mol. The van der Waals surface area contributed by atoms with Gasteiger partial charge in [0.05, 0.1) is 12.8 Å². The van der Waals surface area contributed by atoms with E-state index in [4.69, 9.17) is 15.9 Å². The van der Waals surface area contributed by atoms with Crippen molar-refractivity contribution in [3.05, 3.63) is 41.1 Å². The summed E-state index contributed by atoms with van der Waals surface area (Å²) in [6.45, 7) is 0.871. The minimum absolute atomic E-state index is 0.0587. The van der Waals surface area contributed by atoms with Crippen LogP contribution in [0.3, 0.4) is 0 Å². The Morgan fingerprint density at radius 1 is 1.45 bits per heavy atom. The number of nitrogen functional groups attached to an aromatic ring is 1. The van der Waals surface area contributed by atoms with Gasteiger partial charge in [-0.2, -0.15) is 9.78 Å². The van der Waals surface area contributed by atoms with Crippen LogP contribution in [0, 0.1) is 5.41 Å². The lowest BCUT2D eigenvalue weighted by atomic mass is 10.1. The highest BCUT2D eigenvalue weighted by Gasteiger charge is 2.23. The fourth-order valence-electron chi connectivity index (χ4n) is 2.50. The Kier molecular flexibility index (Phi) is 3.06. The number of fused-ring (bicyclic) bond motifs is 1. The van der Waals surface area contributed by atoms with Crippen molar-refractivity contribution < 1.29 is 4.74 Å². The lowest BCUT2D eigenvalue weighted by Crippen LogP contribution is -2.23. The van der Waals surface area contributed by atoms with Gasteiger partial charge in [-0.1, -0.05) is 12.1 Å². The van der Waals surface area contributed by atoms with Crippen LogP contribution in [0.25, 0.3) is 0 Å². The molecule has 0 radical (unpaired) electrons. The molecule has 0 saturated heterocycles. The minimum Gasteiger partial charge on any atom is -0.497 e. The Balaban J connectivity index is 1.90. The van der Waals surface area contributed by atoms with Gasteiger partial charge in [0.2, 0.25) is 5.96 Å². The summed E-state index contributed by atoms with van der Waals surface area (Å²) in [7, 11) is 1.65. The molecule has 0 aliphatic carbocycles. The second-order valence-electron chi connectivity index (χ2n) is 4.77. The highest BCUT2D eigenvalue weighted by molar-refractivity contribution is 5.81. The van der Waals surface area contributed by atoms with Crippen LogP contribution in [0.2, 0.25) is 0 Å². The molecule has 0 amide bonds. The van der Waals surface area contributed by atoms with Gasteiger partial charge in [0, 0.05) is 18.5 Å². The van der Waals surface area contributed by atoms with Crippen LogP contribution < -0.4 is 15.8 Å². The molecule has 4 N–H and O–H groups in total. The summed E-state index contributed by atoms with van der Waals surface area (Å²) in [5, 5.41) is 15.2. The molecule has 2 heterocycles. The van der Waals surface area contributed by atoms with Crippen molar-refractivity contribution in [2.75, 3.05) is 19.0 Å². The van der Waals surface area contributed by atoms with Crippen molar-refractivity contribution in [1.29, 1.82) is 5.41 Å². The Labute approximate surface area is 117 Å². The average Bonchev–Trinajstić information content (AvgIpc) is 3.03. The van der Waals surface area contributed by atoms with E-state index in [2.05, 4.69) is 10.4 Å². The van der Waals surface area contributed by atoms with Crippen LogP contribution in [0.15, 0.2) is 24.3 Å². The van der Waals surface area contributed by atoms with Crippen molar-refractivity contribution in [1.82, 2.24) is 9.78 Å². The maximum atomic E-state index is 7.57. The molecular formula is C14H17N5O. The third kappa shape index (κ3) is 2.09. The molecule has 2 aromatic rings. The van der Waals surface area contributed by atoms with Gasteiger partial charge >= 0.3 is 0 Å². The quantitative estimate of drug-likeness (QED) is 0.578. The summed E-state index contributed by atoms with van der Waals surface area (Å²) in [5.74, 6) is 1.65. The molecular weight excluding hydrogens is 254 g/mol. The number of hydrogen-bond acceptors (Lipinski definition) is 4. The van der Waals surface area contributed by atoms with E-state index >= 15 is 0 Å². The molecule has 1 aromatic heterocycles. The first-order valence-corrected chi connectivity index (χ1v) is 6.51. The molecule has 1 aromatic carbocycles. The highest BCUT2D eigenvalue weighted by atomic mass is 16.5. The van der Waals surface area contributed by atoms with Gasteiger partial charge in [-0.3, -0.25) is 5.41 Å². The van der Waals surface area contributed by atoms with E-state index < -0.39 is 0 Å². The molecule has 1 aliphatic heterocycles. The number of nitrogens with one attached hydrogen (secondary N) is 2. The highest BCUT2D eigenvalue weighted by Crippen LogP contribution is 2.27. The number of nitrogens with two attached hydrogens (primary N) is 1. The van der Waals surface area contributed by atoms with E-state index in [0.717, 1.165) is 47.8 Å². The van der Waals surface area contributed by atoms with E-state index in [0.29, 0.717) is 0 Å². The minimum atomic E-state index is -0.0587. The molecule has 0 saturated carbocycles. The van der Waals surface area contributed by atoms with Crippen molar-refractivity contribution in [3.63, 3.8) is 0 Å². The van der Waals surface area contributed by atoms with Crippen LogP contribution in [0.5, 0.6) is 5.75 Å². The average molecular weight is 271 g/mol. The van der Waals surface area contributed by atoms with E-state index in [1.165, 1.54) is 4.68 Å². The number of benzene rings is 1. The Hall–Kier alpha value is -2.50. The monoisotopic (exact) mass is 271 g/mol. The lowest BCUT2D eigenvalue weighted by molar-refractivity contribution is 0.414. The SMILES string of the molecule is COc1ccc(Cc2nn(C(=N)N)c3c2CCN3)cc1. The van der Waals surface area contributed by atoms with Crippen LogP contribution >= 0.6 is 0 Å². The number of nitrogens with zero attached hydrogens (tertiary/aromatic N) is 2. The van der Waals surface area contributed by atoms with E-state index in [1.807, 2.05) is 24.3 Å². The molecule has 0 fully saturated rings. The van der Waals surface area contributed by atoms with Gasteiger partial charge in [-0.25, -0.2) is 0 Å². The summed E-state index contributed by atoms with van der Waals surface area (Å²) >= 11 is 0. The molecule has 0 bridgehead atoms. The Bertz CT molecular complexity index is 644. The molecule has 0 atom stereocenters. The smallest absolute Gasteiger partial charge is 0.215 e. The van der Waals surface area contributed by atoms with Gasteiger partial charge in [0.25, 0.3) is 0 Å². The number of ether oxygens (including phenoxy) is 1. The first kappa shape index (κ1) is 12.5. The zero-order chi connectivity index (χ0) is 14.1. The Morgan fingerprint density at radius 3 is 2.85 bits per heavy atom. The van der Waals surface area contributed by atoms with E-state index in [-0.39, 0.29) is 5.96 Å². The fraction of sp³-hybridized carbons (Fsp3) is 0.286. The maximum Gasteiger partial charge on any atom is 0.215 e. The third-order valence-corrected chi connectivity index (χ3v) is 3.49. The van der Waals surface area contributed by atoms with Gasteiger partial charge in [0.1, 0.15) is 11.6 Å². The van der Waals surface area contributed by atoms with Gasteiger partial charge in [-0.05, 0) is 24.1 Å². The van der Waals surface area contributed by atoms with Crippen molar-refractivity contribution >= 4 is 11.8 Å².